The molecule has 17 heavy (non-hydrogen) atoms. The third-order valence-electron chi connectivity index (χ3n) is 3.28. The summed E-state index contributed by atoms with van der Waals surface area (Å²) in [6, 6.07) is 3.98. The lowest BCUT2D eigenvalue weighted by Crippen LogP contribution is -2.27. The van der Waals surface area contributed by atoms with Crippen LogP contribution in [0.25, 0.3) is 0 Å². The van der Waals surface area contributed by atoms with Gasteiger partial charge in [-0.25, -0.2) is 0 Å². The van der Waals surface area contributed by atoms with E-state index in [1.807, 2.05) is 12.1 Å². The molecule has 1 saturated heterocycles. The highest BCUT2D eigenvalue weighted by molar-refractivity contribution is 7.14. The smallest absolute Gasteiger partial charge is 0.186 e. The van der Waals surface area contributed by atoms with E-state index in [-0.39, 0.29) is 12.4 Å². The van der Waals surface area contributed by atoms with E-state index in [0.717, 1.165) is 30.8 Å². The Kier molecular flexibility index (Phi) is 4.31. The Morgan fingerprint density at radius 2 is 2.41 bits per heavy atom. The van der Waals surface area contributed by atoms with Crippen LogP contribution in [0.3, 0.4) is 0 Å². The number of aryl methyl sites for hydroxylation is 1. The number of hydrogen-bond acceptors (Lipinski definition) is 4. The number of hydrogen-bond donors (Lipinski definition) is 1. The summed E-state index contributed by atoms with van der Waals surface area (Å²) in [4.78, 5) is 16.3. The summed E-state index contributed by atoms with van der Waals surface area (Å²) >= 11 is 1.61. The van der Waals surface area contributed by atoms with Crippen LogP contribution >= 0.6 is 11.3 Å². The van der Waals surface area contributed by atoms with E-state index >= 15 is 0 Å². The van der Waals surface area contributed by atoms with Crippen LogP contribution in [0.15, 0.2) is 12.1 Å². The van der Waals surface area contributed by atoms with Crippen molar-refractivity contribution in [2.75, 3.05) is 26.2 Å². The highest BCUT2D eigenvalue weighted by Crippen LogP contribution is 2.20. The number of carbonyl (C=O) groups excluding carboxylic acids is 1. The van der Waals surface area contributed by atoms with Crippen molar-refractivity contribution in [3.8, 4) is 0 Å². The van der Waals surface area contributed by atoms with Crippen LogP contribution in [0.2, 0.25) is 0 Å². The zero-order valence-electron chi connectivity index (χ0n) is 10.2. The predicted octanol–water partition coefficient (Wildman–Crippen LogP) is 1.81. The Morgan fingerprint density at radius 1 is 1.59 bits per heavy atom. The minimum absolute atomic E-state index is 0.216. The minimum Gasteiger partial charge on any atom is -0.396 e. The van der Waals surface area contributed by atoms with E-state index in [9.17, 15) is 4.79 Å². The molecule has 0 aliphatic carbocycles. The van der Waals surface area contributed by atoms with Crippen LogP contribution in [-0.4, -0.2) is 42.0 Å². The van der Waals surface area contributed by atoms with Crippen LogP contribution in [0.1, 0.15) is 27.9 Å². The van der Waals surface area contributed by atoms with Gasteiger partial charge in [0.25, 0.3) is 0 Å². The van der Waals surface area contributed by atoms with Crippen molar-refractivity contribution in [1.29, 1.82) is 0 Å². The Balaban J connectivity index is 1.89. The van der Waals surface area contributed by atoms with Gasteiger partial charge >= 0.3 is 0 Å². The van der Waals surface area contributed by atoms with Gasteiger partial charge in [-0.15, -0.1) is 11.3 Å². The Hall–Kier alpha value is -0.710. The lowest BCUT2D eigenvalue weighted by atomic mass is 10.1. The molecule has 0 radical (unpaired) electrons. The van der Waals surface area contributed by atoms with E-state index < -0.39 is 0 Å². The maximum Gasteiger partial charge on any atom is 0.186 e. The van der Waals surface area contributed by atoms with Crippen molar-refractivity contribution >= 4 is 17.1 Å². The zero-order chi connectivity index (χ0) is 12.3. The average Bonchev–Trinajstić information content (AvgIpc) is 2.96. The van der Waals surface area contributed by atoms with Gasteiger partial charge in [-0.3, -0.25) is 9.69 Å². The van der Waals surface area contributed by atoms with Gasteiger partial charge in [0.1, 0.15) is 0 Å². The van der Waals surface area contributed by atoms with Crippen LogP contribution in [0.4, 0.5) is 0 Å². The predicted molar refractivity (Wildman–Crippen MR) is 69.7 cm³/mol. The molecule has 94 valence electrons. The van der Waals surface area contributed by atoms with Crippen LogP contribution in [0.5, 0.6) is 0 Å². The molecule has 0 amide bonds. The first-order chi connectivity index (χ1) is 8.22. The molecule has 3 nitrogen and oxygen atoms in total. The largest absolute Gasteiger partial charge is 0.396 e. The molecule has 1 aliphatic rings. The third kappa shape index (κ3) is 3.15. The van der Waals surface area contributed by atoms with Gasteiger partial charge in [0.15, 0.2) is 5.78 Å². The topological polar surface area (TPSA) is 40.5 Å². The van der Waals surface area contributed by atoms with Gasteiger partial charge in [0.2, 0.25) is 0 Å². The number of nitrogens with zero attached hydrogens (tertiary/aromatic N) is 1. The first-order valence-corrected chi connectivity index (χ1v) is 6.99. The molecule has 1 N–H and O–H groups in total. The average molecular weight is 253 g/mol. The van der Waals surface area contributed by atoms with E-state index in [1.165, 1.54) is 4.88 Å². The van der Waals surface area contributed by atoms with Gasteiger partial charge in [-0.2, -0.15) is 0 Å². The highest BCUT2D eigenvalue weighted by Gasteiger charge is 2.24. The normalized spacial score (nSPS) is 20.9. The van der Waals surface area contributed by atoms with Crippen molar-refractivity contribution in [2.45, 2.75) is 19.8 Å². The maximum atomic E-state index is 12.0. The molecule has 0 spiro atoms. The van der Waals surface area contributed by atoms with Crippen LogP contribution in [-0.2, 0) is 6.42 Å². The number of likely N-dealkylation sites (tertiary alicyclic amines) is 1. The molecule has 1 aliphatic heterocycles. The van der Waals surface area contributed by atoms with Crippen LogP contribution in [0, 0.1) is 5.92 Å². The quantitative estimate of drug-likeness (QED) is 0.814. The summed E-state index contributed by atoms with van der Waals surface area (Å²) in [5.74, 6) is 0.575. The van der Waals surface area contributed by atoms with Gasteiger partial charge in [0, 0.05) is 18.0 Å². The minimum atomic E-state index is 0.216. The summed E-state index contributed by atoms with van der Waals surface area (Å²) < 4.78 is 0. The van der Waals surface area contributed by atoms with Crippen LogP contribution < -0.4 is 0 Å². The molecule has 1 fully saturated rings. The van der Waals surface area contributed by atoms with Crippen molar-refractivity contribution < 1.29 is 9.90 Å². The van der Waals surface area contributed by atoms with Gasteiger partial charge in [-0.1, -0.05) is 6.92 Å². The number of aliphatic hydroxyl groups excluding tert-OH is 1. The molecule has 0 saturated carbocycles. The molecular weight excluding hydrogens is 234 g/mol. The summed E-state index contributed by atoms with van der Waals surface area (Å²) in [7, 11) is 0. The molecule has 0 aromatic carbocycles. The number of thiophene rings is 1. The van der Waals surface area contributed by atoms with Crippen molar-refractivity contribution in [3.63, 3.8) is 0 Å². The molecule has 4 heteroatoms. The Bertz CT molecular complexity index is 389. The summed E-state index contributed by atoms with van der Waals surface area (Å²) in [6.45, 7) is 4.63. The lowest BCUT2D eigenvalue weighted by Gasteiger charge is -2.13. The standard InChI is InChI=1S/C13H19NO2S/c1-2-11-3-4-13(17-11)12(16)8-14-6-5-10(7-14)9-15/h3-4,10,15H,2,5-9H2,1H3. The highest BCUT2D eigenvalue weighted by atomic mass is 32.1. The maximum absolute atomic E-state index is 12.0. The van der Waals surface area contributed by atoms with Crippen molar-refractivity contribution in [2.24, 2.45) is 5.92 Å². The van der Waals surface area contributed by atoms with Gasteiger partial charge in [0.05, 0.1) is 11.4 Å². The second-order valence-corrected chi connectivity index (χ2v) is 5.78. The first-order valence-electron chi connectivity index (χ1n) is 6.18. The SMILES string of the molecule is CCc1ccc(C(=O)CN2CCC(CO)C2)s1. The van der Waals surface area contributed by atoms with Gasteiger partial charge < -0.3 is 5.11 Å². The molecule has 1 aromatic heterocycles. The molecular formula is C13H19NO2S. The number of ketones is 1. The Morgan fingerprint density at radius 3 is 3.00 bits per heavy atom. The summed E-state index contributed by atoms with van der Waals surface area (Å²) in [6.07, 6.45) is 2.00. The zero-order valence-corrected chi connectivity index (χ0v) is 11.0. The van der Waals surface area contributed by atoms with Gasteiger partial charge in [-0.05, 0) is 37.4 Å². The van der Waals surface area contributed by atoms with Crippen molar-refractivity contribution in [1.82, 2.24) is 4.90 Å². The number of aliphatic hydroxyl groups is 1. The number of Topliss-reactive ketones (excluding diaryl/α,β-unsaturated/α-hetero) is 1. The summed E-state index contributed by atoms with van der Waals surface area (Å²) in [5, 5.41) is 9.06. The van der Waals surface area contributed by atoms with E-state index in [4.69, 9.17) is 5.11 Å². The number of carbonyl (C=O) groups is 1. The lowest BCUT2D eigenvalue weighted by molar-refractivity contribution is 0.0944. The molecule has 0 bridgehead atoms. The molecule has 1 atom stereocenters. The van der Waals surface area contributed by atoms with E-state index in [0.29, 0.717) is 12.5 Å². The molecule has 1 aromatic rings. The fourth-order valence-electron chi connectivity index (χ4n) is 2.20. The monoisotopic (exact) mass is 253 g/mol. The molecule has 2 heterocycles. The fourth-order valence-corrected chi connectivity index (χ4v) is 3.08. The second-order valence-electron chi connectivity index (χ2n) is 4.62. The number of rotatable bonds is 5. The van der Waals surface area contributed by atoms with E-state index in [2.05, 4.69) is 11.8 Å². The molecule has 2 rings (SSSR count). The van der Waals surface area contributed by atoms with E-state index in [1.54, 1.807) is 11.3 Å². The fraction of sp³-hybridized carbons (Fsp3) is 0.615. The Labute approximate surface area is 106 Å². The summed E-state index contributed by atoms with van der Waals surface area (Å²) in [5.41, 5.74) is 0. The van der Waals surface area contributed by atoms with Crippen molar-refractivity contribution in [3.05, 3.63) is 21.9 Å². The third-order valence-corrected chi connectivity index (χ3v) is 4.55. The second kappa shape index (κ2) is 5.76. The first kappa shape index (κ1) is 12.7. The molecule has 1 unspecified atom stereocenters.